The lowest BCUT2D eigenvalue weighted by Gasteiger charge is -2.21. The standard InChI is InChI=1S/C26H23NO/c1-19-14-15-24-23(17-19)18-22(13-8-16-28)26(27-24)25(20-9-4-2-5-10-20)21-11-6-3-7-12-21/h2-7,9-12,14-18,25H,8,13H2,1H3. The predicted molar refractivity (Wildman–Crippen MR) is 115 cm³/mol. The fourth-order valence-electron chi connectivity index (χ4n) is 3.82. The molecule has 0 unspecified atom stereocenters. The van der Waals surface area contributed by atoms with Gasteiger partial charge >= 0.3 is 0 Å². The van der Waals surface area contributed by atoms with E-state index in [1.807, 2.05) is 12.1 Å². The van der Waals surface area contributed by atoms with Crippen LogP contribution in [0.4, 0.5) is 0 Å². The molecule has 0 saturated heterocycles. The van der Waals surface area contributed by atoms with Gasteiger partial charge in [-0.15, -0.1) is 0 Å². The number of aldehydes is 1. The van der Waals surface area contributed by atoms with E-state index >= 15 is 0 Å². The monoisotopic (exact) mass is 365 g/mol. The molecule has 0 bridgehead atoms. The predicted octanol–water partition coefficient (Wildman–Crippen LogP) is 5.85. The van der Waals surface area contributed by atoms with Gasteiger partial charge < -0.3 is 4.79 Å². The Morgan fingerprint density at radius 1 is 0.857 bits per heavy atom. The van der Waals surface area contributed by atoms with Crippen molar-refractivity contribution >= 4 is 17.2 Å². The van der Waals surface area contributed by atoms with E-state index in [4.69, 9.17) is 4.98 Å². The molecule has 0 fully saturated rings. The van der Waals surface area contributed by atoms with Gasteiger partial charge in [-0.05, 0) is 48.2 Å². The van der Waals surface area contributed by atoms with E-state index in [0.29, 0.717) is 12.8 Å². The Morgan fingerprint density at radius 3 is 2.11 bits per heavy atom. The van der Waals surface area contributed by atoms with Gasteiger partial charge in [-0.1, -0.05) is 72.3 Å². The van der Waals surface area contributed by atoms with Gasteiger partial charge in [0.25, 0.3) is 0 Å². The zero-order chi connectivity index (χ0) is 19.3. The molecule has 0 spiro atoms. The van der Waals surface area contributed by atoms with Crippen molar-refractivity contribution in [3.8, 4) is 0 Å². The van der Waals surface area contributed by atoms with Crippen LogP contribution >= 0.6 is 0 Å². The molecule has 4 aromatic rings. The molecule has 1 aromatic heterocycles. The second-order valence-corrected chi connectivity index (χ2v) is 7.19. The molecule has 2 nitrogen and oxygen atoms in total. The van der Waals surface area contributed by atoms with Crippen molar-refractivity contribution < 1.29 is 4.79 Å². The Balaban J connectivity index is 1.96. The van der Waals surface area contributed by atoms with E-state index in [2.05, 4.69) is 79.7 Å². The van der Waals surface area contributed by atoms with Crippen LogP contribution in [0.1, 0.15) is 40.3 Å². The molecular weight excluding hydrogens is 342 g/mol. The summed E-state index contributed by atoms with van der Waals surface area (Å²) in [5, 5.41) is 1.13. The smallest absolute Gasteiger partial charge is 0.120 e. The van der Waals surface area contributed by atoms with Crippen LogP contribution in [0.3, 0.4) is 0 Å². The molecule has 28 heavy (non-hydrogen) atoms. The molecule has 0 aliphatic heterocycles. The highest BCUT2D eigenvalue weighted by Crippen LogP contribution is 2.34. The molecule has 0 aliphatic carbocycles. The van der Waals surface area contributed by atoms with E-state index in [1.165, 1.54) is 16.7 Å². The highest BCUT2D eigenvalue weighted by molar-refractivity contribution is 5.80. The average molecular weight is 365 g/mol. The molecule has 0 N–H and O–H groups in total. The maximum atomic E-state index is 11.1. The van der Waals surface area contributed by atoms with Crippen molar-refractivity contribution in [2.45, 2.75) is 25.7 Å². The summed E-state index contributed by atoms with van der Waals surface area (Å²) < 4.78 is 0. The maximum Gasteiger partial charge on any atom is 0.120 e. The Hall–Kier alpha value is -3.26. The van der Waals surface area contributed by atoms with Gasteiger partial charge in [-0.3, -0.25) is 4.98 Å². The van der Waals surface area contributed by atoms with Crippen molar-refractivity contribution in [3.05, 3.63) is 113 Å². The Labute approximate surface area is 165 Å². The Bertz CT molecular complexity index is 1050. The summed E-state index contributed by atoms with van der Waals surface area (Å²) in [6, 6.07) is 29.5. The number of carbonyl (C=O) groups is 1. The average Bonchev–Trinajstić information content (AvgIpc) is 2.74. The fourth-order valence-corrected chi connectivity index (χ4v) is 3.82. The van der Waals surface area contributed by atoms with Crippen LogP contribution in [0.2, 0.25) is 0 Å². The third-order valence-corrected chi connectivity index (χ3v) is 5.15. The topological polar surface area (TPSA) is 30.0 Å². The first kappa shape index (κ1) is 18.1. The summed E-state index contributed by atoms with van der Waals surface area (Å²) in [5.41, 5.74) is 6.80. The molecule has 1 heterocycles. The quantitative estimate of drug-likeness (QED) is 0.401. The second-order valence-electron chi connectivity index (χ2n) is 7.19. The number of aromatic nitrogens is 1. The van der Waals surface area contributed by atoms with Crippen LogP contribution in [-0.4, -0.2) is 11.3 Å². The third kappa shape index (κ3) is 3.72. The molecule has 0 radical (unpaired) electrons. The van der Waals surface area contributed by atoms with Crippen LogP contribution in [-0.2, 0) is 11.2 Å². The molecular formula is C26H23NO. The van der Waals surface area contributed by atoms with Gasteiger partial charge in [0.1, 0.15) is 6.29 Å². The first-order chi connectivity index (χ1) is 13.8. The number of carbonyl (C=O) groups excluding carboxylic acids is 1. The zero-order valence-corrected chi connectivity index (χ0v) is 16.0. The van der Waals surface area contributed by atoms with Gasteiger partial charge in [-0.2, -0.15) is 0 Å². The first-order valence-corrected chi connectivity index (χ1v) is 9.70. The number of benzene rings is 3. The van der Waals surface area contributed by atoms with Gasteiger partial charge in [0, 0.05) is 11.8 Å². The first-order valence-electron chi connectivity index (χ1n) is 9.70. The minimum atomic E-state index is 0.0368. The lowest BCUT2D eigenvalue weighted by molar-refractivity contribution is -0.107. The second kappa shape index (κ2) is 8.18. The van der Waals surface area contributed by atoms with E-state index < -0.39 is 0 Å². The summed E-state index contributed by atoms with van der Waals surface area (Å²) in [6.45, 7) is 2.09. The SMILES string of the molecule is Cc1ccc2nc(C(c3ccccc3)c3ccccc3)c(CCC=O)cc2c1. The Kier molecular flexibility index (Phi) is 5.29. The minimum absolute atomic E-state index is 0.0368. The molecule has 0 saturated carbocycles. The molecule has 0 aliphatic rings. The largest absolute Gasteiger partial charge is 0.303 e. The van der Waals surface area contributed by atoms with Gasteiger partial charge in [-0.25, -0.2) is 0 Å². The number of nitrogens with zero attached hydrogens (tertiary/aromatic N) is 1. The maximum absolute atomic E-state index is 11.1. The van der Waals surface area contributed by atoms with Crippen molar-refractivity contribution in [3.63, 3.8) is 0 Å². The number of hydrogen-bond acceptors (Lipinski definition) is 2. The van der Waals surface area contributed by atoms with E-state index in [9.17, 15) is 4.79 Å². The number of hydrogen-bond donors (Lipinski definition) is 0. The van der Waals surface area contributed by atoms with Crippen molar-refractivity contribution in [1.29, 1.82) is 0 Å². The molecule has 138 valence electrons. The molecule has 0 amide bonds. The molecule has 0 atom stereocenters. The lowest BCUT2D eigenvalue weighted by Crippen LogP contribution is -2.10. The molecule has 4 rings (SSSR count). The van der Waals surface area contributed by atoms with E-state index in [0.717, 1.165) is 28.4 Å². The number of rotatable bonds is 6. The van der Waals surface area contributed by atoms with Crippen LogP contribution < -0.4 is 0 Å². The number of aryl methyl sites for hydroxylation is 2. The normalized spacial score (nSPS) is 11.1. The summed E-state index contributed by atoms with van der Waals surface area (Å²) in [6.07, 6.45) is 2.19. The summed E-state index contributed by atoms with van der Waals surface area (Å²) >= 11 is 0. The molecule has 3 aromatic carbocycles. The van der Waals surface area contributed by atoms with Crippen LogP contribution in [0, 0.1) is 6.92 Å². The minimum Gasteiger partial charge on any atom is -0.303 e. The third-order valence-electron chi connectivity index (χ3n) is 5.15. The summed E-state index contributed by atoms with van der Waals surface area (Å²) in [5.74, 6) is 0.0368. The van der Waals surface area contributed by atoms with Gasteiger partial charge in [0.05, 0.1) is 17.1 Å². The van der Waals surface area contributed by atoms with Gasteiger partial charge in [0.15, 0.2) is 0 Å². The van der Waals surface area contributed by atoms with Crippen LogP contribution in [0.15, 0.2) is 84.9 Å². The lowest BCUT2D eigenvalue weighted by atomic mass is 9.85. The highest BCUT2D eigenvalue weighted by atomic mass is 16.1. The summed E-state index contributed by atoms with van der Waals surface area (Å²) in [4.78, 5) is 16.2. The van der Waals surface area contributed by atoms with Crippen LogP contribution in [0.25, 0.3) is 10.9 Å². The van der Waals surface area contributed by atoms with Crippen molar-refractivity contribution in [2.24, 2.45) is 0 Å². The molecule has 2 heteroatoms. The van der Waals surface area contributed by atoms with E-state index in [-0.39, 0.29) is 5.92 Å². The van der Waals surface area contributed by atoms with Crippen LogP contribution in [0.5, 0.6) is 0 Å². The Morgan fingerprint density at radius 2 is 1.50 bits per heavy atom. The van der Waals surface area contributed by atoms with E-state index in [1.54, 1.807) is 0 Å². The number of pyridine rings is 1. The highest BCUT2D eigenvalue weighted by Gasteiger charge is 2.21. The fraction of sp³-hybridized carbons (Fsp3) is 0.154. The summed E-state index contributed by atoms with van der Waals surface area (Å²) in [7, 11) is 0. The van der Waals surface area contributed by atoms with Crippen molar-refractivity contribution in [1.82, 2.24) is 4.98 Å². The number of fused-ring (bicyclic) bond motifs is 1. The van der Waals surface area contributed by atoms with Gasteiger partial charge in [0.2, 0.25) is 0 Å². The van der Waals surface area contributed by atoms with Crippen molar-refractivity contribution in [2.75, 3.05) is 0 Å². The zero-order valence-electron chi connectivity index (χ0n) is 16.0.